The van der Waals surface area contributed by atoms with E-state index in [1.54, 1.807) is 0 Å². The molecule has 2 aliphatic rings. The van der Waals surface area contributed by atoms with Crippen LogP contribution in [-0.4, -0.2) is 36.5 Å². The molecular formula is C11H20N2O. The average molecular weight is 196 g/mol. The fourth-order valence-corrected chi connectivity index (χ4v) is 2.47. The second-order valence-corrected chi connectivity index (χ2v) is 4.42. The standard InChI is InChI=1S/C11H20N2O/c14-11-6-3-9-13(11)8-2-5-10-4-1-7-12-10/h10,12H,1-9H2. The Kier molecular flexibility index (Phi) is 3.40. The fraction of sp³-hybridized carbons (Fsp3) is 0.909. The van der Waals surface area contributed by atoms with Gasteiger partial charge in [0.25, 0.3) is 0 Å². The minimum atomic E-state index is 0.365. The Hall–Kier alpha value is -0.570. The van der Waals surface area contributed by atoms with Gasteiger partial charge in [0.1, 0.15) is 0 Å². The van der Waals surface area contributed by atoms with Crippen LogP contribution in [0.4, 0.5) is 0 Å². The molecule has 2 aliphatic heterocycles. The molecule has 80 valence electrons. The van der Waals surface area contributed by atoms with Gasteiger partial charge in [-0.3, -0.25) is 4.79 Å². The molecule has 1 unspecified atom stereocenters. The van der Waals surface area contributed by atoms with Gasteiger partial charge in [0.15, 0.2) is 0 Å². The summed E-state index contributed by atoms with van der Waals surface area (Å²) < 4.78 is 0. The largest absolute Gasteiger partial charge is 0.343 e. The zero-order chi connectivity index (χ0) is 9.80. The van der Waals surface area contributed by atoms with Crippen molar-refractivity contribution >= 4 is 5.91 Å². The molecule has 0 radical (unpaired) electrons. The van der Waals surface area contributed by atoms with E-state index < -0.39 is 0 Å². The van der Waals surface area contributed by atoms with Gasteiger partial charge in [-0.15, -0.1) is 0 Å². The van der Waals surface area contributed by atoms with Crippen LogP contribution in [0.15, 0.2) is 0 Å². The highest BCUT2D eigenvalue weighted by Gasteiger charge is 2.20. The molecule has 0 aromatic heterocycles. The number of nitrogens with zero attached hydrogens (tertiary/aromatic N) is 1. The number of rotatable bonds is 4. The quantitative estimate of drug-likeness (QED) is 0.731. The molecule has 1 atom stereocenters. The van der Waals surface area contributed by atoms with Crippen LogP contribution in [0.3, 0.4) is 0 Å². The van der Waals surface area contributed by atoms with E-state index in [9.17, 15) is 4.79 Å². The molecule has 0 saturated carbocycles. The first kappa shape index (κ1) is 9.97. The normalized spacial score (nSPS) is 27.6. The van der Waals surface area contributed by atoms with Crippen molar-refractivity contribution in [1.29, 1.82) is 0 Å². The average Bonchev–Trinajstić information content (AvgIpc) is 2.78. The molecule has 0 aromatic carbocycles. The Morgan fingerprint density at radius 1 is 1.43 bits per heavy atom. The van der Waals surface area contributed by atoms with E-state index in [0.29, 0.717) is 5.91 Å². The van der Waals surface area contributed by atoms with Gasteiger partial charge in [-0.25, -0.2) is 0 Å². The van der Waals surface area contributed by atoms with Crippen molar-refractivity contribution in [2.24, 2.45) is 0 Å². The Bertz CT molecular complexity index is 199. The molecule has 3 nitrogen and oxygen atoms in total. The summed E-state index contributed by atoms with van der Waals surface area (Å²) in [5.74, 6) is 0.365. The van der Waals surface area contributed by atoms with Crippen LogP contribution in [-0.2, 0) is 4.79 Å². The lowest BCUT2D eigenvalue weighted by Crippen LogP contribution is -2.28. The molecule has 2 rings (SSSR count). The zero-order valence-electron chi connectivity index (χ0n) is 8.80. The first-order chi connectivity index (χ1) is 6.86. The maximum Gasteiger partial charge on any atom is 0.222 e. The summed E-state index contributed by atoms with van der Waals surface area (Å²) in [4.78, 5) is 13.3. The van der Waals surface area contributed by atoms with Crippen molar-refractivity contribution in [3.8, 4) is 0 Å². The Labute approximate surface area is 85.8 Å². The first-order valence-electron chi connectivity index (χ1n) is 5.87. The highest BCUT2D eigenvalue weighted by atomic mass is 16.2. The lowest BCUT2D eigenvalue weighted by molar-refractivity contribution is -0.127. The van der Waals surface area contributed by atoms with E-state index in [1.165, 1.54) is 32.2 Å². The molecule has 1 amide bonds. The maximum atomic E-state index is 11.3. The van der Waals surface area contributed by atoms with Crippen molar-refractivity contribution < 1.29 is 4.79 Å². The monoisotopic (exact) mass is 196 g/mol. The van der Waals surface area contributed by atoms with Crippen LogP contribution >= 0.6 is 0 Å². The minimum Gasteiger partial charge on any atom is -0.343 e. The van der Waals surface area contributed by atoms with Crippen molar-refractivity contribution in [2.75, 3.05) is 19.6 Å². The molecule has 0 aromatic rings. The minimum absolute atomic E-state index is 0.365. The number of hydrogen-bond donors (Lipinski definition) is 1. The van der Waals surface area contributed by atoms with Crippen LogP contribution in [0.1, 0.15) is 38.5 Å². The predicted molar refractivity (Wildman–Crippen MR) is 56.1 cm³/mol. The second kappa shape index (κ2) is 4.78. The third-order valence-electron chi connectivity index (χ3n) is 3.31. The number of amides is 1. The topological polar surface area (TPSA) is 32.3 Å². The van der Waals surface area contributed by atoms with Crippen LogP contribution in [0.25, 0.3) is 0 Å². The van der Waals surface area contributed by atoms with Crippen LogP contribution in [0, 0.1) is 0 Å². The van der Waals surface area contributed by atoms with E-state index in [-0.39, 0.29) is 0 Å². The fourth-order valence-electron chi connectivity index (χ4n) is 2.47. The van der Waals surface area contributed by atoms with Crippen molar-refractivity contribution in [3.63, 3.8) is 0 Å². The second-order valence-electron chi connectivity index (χ2n) is 4.42. The van der Waals surface area contributed by atoms with Gasteiger partial charge in [0, 0.05) is 25.6 Å². The maximum absolute atomic E-state index is 11.3. The van der Waals surface area contributed by atoms with Crippen molar-refractivity contribution in [1.82, 2.24) is 10.2 Å². The lowest BCUT2D eigenvalue weighted by atomic mass is 10.1. The number of carbonyl (C=O) groups is 1. The van der Waals surface area contributed by atoms with Crippen LogP contribution < -0.4 is 5.32 Å². The van der Waals surface area contributed by atoms with Crippen LogP contribution in [0.5, 0.6) is 0 Å². The van der Waals surface area contributed by atoms with Gasteiger partial charge in [-0.1, -0.05) is 0 Å². The third kappa shape index (κ3) is 2.47. The highest BCUT2D eigenvalue weighted by molar-refractivity contribution is 5.77. The van der Waals surface area contributed by atoms with E-state index in [1.807, 2.05) is 4.90 Å². The van der Waals surface area contributed by atoms with Crippen molar-refractivity contribution in [3.05, 3.63) is 0 Å². The summed E-state index contributed by atoms with van der Waals surface area (Å²) in [6.07, 6.45) is 6.91. The van der Waals surface area contributed by atoms with E-state index in [2.05, 4.69) is 5.32 Å². The molecule has 2 heterocycles. The summed E-state index contributed by atoms with van der Waals surface area (Å²) in [7, 11) is 0. The van der Waals surface area contributed by atoms with E-state index in [4.69, 9.17) is 0 Å². The molecular weight excluding hydrogens is 176 g/mol. The zero-order valence-corrected chi connectivity index (χ0v) is 8.80. The number of likely N-dealkylation sites (tertiary alicyclic amines) is 1. The molecule has 2 saturated heterocycles. The summed E-state index contributed by atoms with van der Waals surface area (Å²) >= 11 is 0. The van der Waals surface area contributed by atoms with Gasteiger partial charge in [-0.05, 0) is 38.6 Å². The van der Waals surface area contributed by atoms with Crippen molar-refractivity contribution in [2.45, 2.75) is 44.6 Å². The lowest BCUT2D eigenvalue weighted by Gasteiger charge is -2.16. The Balaban J connectivity index is 1.60. The highest BCUT2D eigenvalue weighted by Crippen LogP contribution is 2.14. The molecule has 0 bridgehead atoms. The van der Waals surface area contributed by atoms with Gasteiger partial charge in [0.05, 0.1) is 0 Å². The SMILES string of the molecule is O=C1CCCN1CCCC1CCCN1. The van der Waals surface area contributed by atoms with Gasteiger partial charge >= 0.3 is 0 Å². The number of nitrogens with one attached hydrogen (secondary N) is 1. The molecule has 14 heavy (non-hydrogen) atoms. The van der Waals surface area contributed by atoms with Crippen LogP contribution in [0.2, 0.25) is 0 Å². The van der Waals surface area contributed by atoms with Gasteiger partial charge in [-0.2, -0.15) is 0 Å². The summed E-state index contributed by atoms with van der Waals surface area (Å²) in [6, 6.07) is 0.729. The third-order valence-corrected chi connectivity index (χ3v) is 3.31. The summed E-state index contributed by atoms with van der Waals surface area (Å²) in [6.45, 7) is 3.17. The van der Waals surface area contributed by atoms with E-state index in [0.717, 1.165) is 32.0 Å². The Morgan fingerprint density at radius 3 is 3.00 bits per heavy atom. The van der Waals surface area contributed by atoms with E-state index >= 15 is 0 Å². The Morgan fingerprint density at radius 2 is 2.36 bits per heavy atom. The molecule has 0 spiro atoms. The smallest absolute Gasteiger partial charge is 0.222 e. The van der Waals surface area contributed by atoms with Gasteiger partial charge in [0.2, 0.25) is 5.91 Å². The summed E-state index contributed by atoms with van der Waals surface area (Å²) in [5.41, 5.74) is 0. The molecule has 3 heteroatoms. The molecule has 2 fully saturated rings. The summed E-state index contributed by atoms with van der Waals surface area (Å²) in [5, 5.41) is 3.49. The first-order valence-corrected chi connectivity index (χ1v) is 5.87. The number of hydrogen-bond acceptors (Lipinski definition) is 2. The molecule has 0 aliphatic carbocycles. The predicted octanol–water partition coefficient (Wildman–Crippen LogP) is 1.14. The number of carbonyl (C=O) groups excluding carboxylic acids is 1. The molecule has 1 N–H and O–H groups in total. The van der Waals surface area contributed by atoms with Gasteiger partial charge < -0.3 is 10.2 Å².